The Balaban J connectivity index is 2.09. The zero-order chi connectivity index (χ0) is 15.7. The molecule has 2 aliphatic rings. The lowest BCUT2D eigenvalue weighted by molar-refractivity contribution is -0.219. The topological polar surface area (TPSA) is 12.5 Å². The molecule has 1 saturated heterocycles. The molecular weight excluding hydrogens is 258 g/mol. The fourth-order valence-corrected chi connectivity index (χ4v) is 4.71. The van der Waals surface area contributed by atoms with Crippen molar-refractivity contribution in [2.75, 3.05) is 26.2 Å². The van der Waals surface area contributed by atoms with Gasteiger partial charge in [0.2, 0.25) is 0 Å². The molecule has 124 valence electrons. The van der Waals surface area contributed by atoms with Gasteiger partial charge in [-0.1, -0.05) is 60.8 Å². The van der Waals surface area contributed by atoms with Crippen molar-refractivity contribution >= 4 is 0 Å². The maximum atomic E-state index is 6.47. The summed E-state index contributed by atoms with van der Waals surface area (Å²) in [6, 6.07) is 0. The summed E-state index contributed by atoms with van der Waals surface area (Å²) in [5, 5.41) is 0. The van der Waals surface area contributed by atoms with E-state index in [-0.39, 0.29) is 16.4 Å². The minimum atomic E-state index is -0.0487. The van der Waals surface area contributed by atoms with Crippen molar-refractivity contribution in [2.45, 2.75) is 79.2 Å². The molecule has 21 heavy (non-hydrogen) atoms. The van der Waals surface area contributed by atoms with Gasteiger partial charge in [-0.2, -0.15) is 0 Å². The van der Waals surface area contributed by atoms with Gasteiger partial charge in [0.15, 0.2) is 0 Å². The van der Waals surface area contributed by atoms with Gasteiger partial charge in [0, 0.05) is 19.6 Å². The summed E-state index contributed by atoms with van der Waals surface area (Å²) in [6.07, 6.45) is 7.22. The Morgan fingerprint density at radius 3 is 2.05 bits per heavy atom. The van der Waals surface area contributed by atoms with Crippen LogP contribution in [-0.4, -0.2) is 36.7 Å². The number of hydrogen-bond donors (Lipinski definition) is 0. The number of ether oxygens (including phenoxy) is 1. The summed E-state index contributed by atoms with van der Waals surface area (Å²) in [5.41, 5.74) is 0.278. The standard InChI is InChI=1S/C19H37NO/c1-17(2,3)19(18(4,5)6)15-20(12-13-21-19)14-16-10-8-7-9-11-16/h16H,7-15H2,1-6H3. The second kappa shape index (κ2) is 6.20. The Morgan fingerprint density at radius 1 is 0.952 bits per heavy atom. The van der Waals surface area contributed by atoms with Crippen molar-refractivity contribution in [3.05, 3.63) is 0 Å². The molecule has 2 nitrogen and oxygen atoms in total. The minimum Gasteiger partial charge on any atom is -0.371 e. The van der Waals surface area contributed by atoms with Crippen LogP contribution in [0.15, 0.2) is 0 Å². The van der Waals surface area contributed by atoms with E-state index in [2.05, 4.69) is 46.4 Å². The van der Waals surface area contributed by atoms with E-state index in [1.54, 1.807) is 0 Å². The van der Waals surface area contributed by atoms with Gasteiger partial charge in [-0.15, -0.1) is 0 Å². The molecule has 0 unspecified atom stereocenters. The SMILES string of the molecule is CC(C)(C)C1(C(C)(C)C)CN(CC2CCCCC2)CCO1. The van der Waals surface area contributed by atoms with Crippen LogP contribution in [0.25, 0.3) is 0 Å². The molecule has 0 amide bonds. The van der Waals surface area contributed by atoms with Crippen molar-refractivity contribution in [3.63, 3.8) is 0 Å². The average Bonchev–Trinajstić information content (AvgIpc) is 2.37. The second-order valence-corrected chi connectivity index (χ2v) is 9.41. The Bertz CT molecular complexity index is 316. The highest BCUT2D eigenvalue weighted by molar-refractivity contribution is 5.04. The van der Waals surface area contributed by atoms with Crippen LogP contribution >= 0.6 is 0 Å². The minimum absolute atomic E-state index is 0.0487. The molecule has 2 heteroatoms. The first-order valence-corrected chi connectivity index (χ1v) is 9.02. The molecule has 1 heterocycles. The highest BCUT2D eigenvalue weighted by Crippen LogP contribution is 2.48. The van der Waals surface area contributed by atoms with Gasteiger partial charge >= 0.3 is 0 Å². The monoisotopic (exact) mass is 295 g/mol. The summed E-state index contributed by atoms with van der Waals surface area (Å²) in [5.74, 6) is 0.925. The van der Waals surface area contributed by atoms with E-state index in [1.165, 1.54) is 38.6 Å². The predicted molar refractivity (Wildman–Crippen MR) is 90.6 cm³/mol. The van der Waals surface area contributed by atoms with E-state index in [0.717, 1.165) is 25.6 Å². The van der Waals surface area contributed by atoms with E-state index >= 15 is 0 Å². The second-order valence-electron chi connectivity index (χ2n) is 9.41. The third kappa shape index (κ3) is 3.64. The first kappa shape index (κ1) is 17.3. The molecule has 0 bridgehead atoms. The van der Waals surface area contributed by atoms with Gasteiger partial charge in [-0.25, -0.2) is 0 Å². The zero-order valence-corrected chi connectivity index (χ0v) is 15.3. The molecule has 0 aromatic carbocycles. The van der Waals surface area contributed by atoms with Gasteiger partial charge in [0.25, 0.3) is 0 Å². The maximum Gasteiger partial charge on any atom is 0.0905 e. The predicted octanol–water partition coefficient (Wildman–Crippen LogP) is 4.73. The lowest BCUT2D eigenvalue weighted by atomic mass is 9.61. The van der Waals surface area contributed by atoms with E-state index in [1.807, 2.05) is 0 Å². The van der Waals surface area contributed by atoms with Crippen molar-refractivity contribution in [1.82, 2.24) is 4.90 Å². The highest BCUT2D eigenvalue weighted by Gasteiger charge is 2.54. The van der Waals surface area contributed by atoms with Crippen molar-refractivity contribution in [1.29, 1.82) is 0 Å². The smallest absolute Gasteiger partial charge is 0.0905 e. The van der Waals surface area contributed by atoms with E-state index in [4.69, 9.17) is 4.74 Å². The van der Waals surface area contributed by atoms with E-state index in [9.17, 15) is 0 Å². The van der Waals surface area contributed by atoms with Crippen molar-refractivity contribution in [2.24, 2.45) is 16.7 Å². The molecule has 0 radical (unpaired) electrons. The van der Waals surface area contributed by atoms with Crippen LogP contribution in [0.4, 0.5) is 0 Å². The normalized spacial score (nSPS) is 26.0. The summed E-state index contributed by atoms with van der Waals surface area (Å²) < 4.78 is 6.47. The molecule has 1 aliphatic carbocycles. The third-order valence-corrected chi connectivity index (χ3v) is 5.87. The number of rotatable bonds is 2. The summed E-state index contributed by atoms with van der Waals surface area (Å²) in [4.78, 5) is 2.70. The number of nitrogens with zero attached hydrogens (tertiary/aromatic N) is 1. The Kier molecular flexibility index (Phi) is 5.10. The quantitative estimate of drug-likeness (QED) is 0.730. The molecule has 1 saturated carbocycles. The highest BCUT2D eigenvalue weighted by atomic mass is 16.5. The zero-order valence-electron chi connectivity index (χ0n) is 15.3. The van der Waals surface area contributed by atoms with Crippen LogP contribution in [0, 0.1) is 16.7 Å². The van der Waals surface area contributed by atoms with Crippen LogP contribution in [0.2, 0.25) is 0 Å². The molecule has 2 rings (SSSR count). The molecule has 0 aromatic rings. The first-order chi connectivity index (χ1) is 9.66. The third-order valence-electron chi connectivity index (χ3n) is 5.87. The van der Waals surface area contributed by atoms with Crippen LogP contribution in [-0.2, 0) is 4.74 Å². The molecule has 0 spiro atoms. The summed E-state index contributed by atoms with van der Waals surface area (Å²) >= 11 is 0. The van der Waals surface area contributed by atoms with Crippen LogP contribution in [0.3, 0.4) is 0 Å². The number of hydrogen-bond acceptors (Lipinski definition) is 2. The van der Waals surface area contributed by atoms with Gasteiger partial charge in [0.05, 0.1) is 12.2 Å². The van der Waals surface area contributed by atoms with Gasteiger partial charge in [-0.05, 0) is 29.6 Å². The fraction of sp³-hybridized carbons (Fsp3) is 1.00. The molecule has 1 aliphatic heterocycles. The Hall–Kier alpha value is -0.0800. The molecule has 0 atom stereocenters. The van der Waals surface area contributed by atoms with Crippen LogP contribution in [0.5, 0.6) is 0 Å². The van der Waals surface area contributed by atoms with Crippen molar-refractivity contribution < 1.29 is 4.74 Å². The van der Waals surface area contributed by atoms with E-state index in [0.29, 0.717) is 0 Å². The number of morpholine rings is 1. The lowest BCUT2D eigenvalue weighted by Crippen LogP contribution is -2.65. The molecule has 0 aromatic heterocycles. The first-order valence-electron chi connectivity index (χ1n) is 9.02. The van der Waals surface area contributed by atoms with Gasteiger partial charge in [0.1, 0.15) is 0 Å². The Morgan fingerprint density at radius 2 is 1.52 bits per heavy atom. The van der Waals surface area contributed by atoms with Crippen LogP contribution < -0.4 is 0 Å². The lowest BCUT2D eigenvalue weighted by Gasteiger charge is -2.57. The molecule has 2 fully saturated rings. The van der Waals surface area contributed by atoms with Crippen molar-refractivity contribution in [3.8, 4) is 0 Å². The summed E-state index contributed by atoms with van der Waals surface area (Å²) in [6.45, 7) is 18.5. The van der Waals surface area contributed by atoms with Crippen LogP contribution in [0.1, 0.15) is 73.6 Å². The Labute approximate surface area is 132 Å². The van der Waals surface area contributed by atoms with Gasteiger partial charge in [-0.3, -0.25) is 4.90 Å². The molecular formula is C19H37NO. The molecule has 0 N–H and O–H groups in total. The van der Waals surface area contributed by atoms with Gasteiger partial charge < -0.3 is 4.74 Å². The maximum absolute atomic E-state index is 6.47. The van der Waals surface area contributed by atoms with E-state index < -0.39 is 0 Å². The summed E-state index contributed by atoms with van der Waals surface area (Å²) in [7, 11) is 0. The largest absolute Gasteiger partial charge is 0.371 e. The fourth-order valence-electron chi connectivity index (χ4n) is 4.71. The average molecular weight is 296 g/mol.